The molecule has 10 heteroatoms. The number of esters is 1. The Hall–Kier alpha value is -3.76. The van der Waals surface area contributed by atoms with E-state index in [-0.39, 0.29) is 18.3 Å². The third-order valence-electron chi connectivity index (χ3n) is 4.58. The van der Waals surface area contributed by atoms with Gasteiger partial charge in [-0.3, -0.25) is 9.59 Å². The molecule has 2 aromatic heterocycles. The van der Waals surface area contributed by atoms with Crippen LogP contribution in [0.2, 0.25) is 0 Å². The van der Waals surface area contributed by atoms with E-state index in [2.05, 4.69) is 15.6 Å². The van der Waals surface area contributed by atoms with Crippen LogP contribution < -0.4 is 15.4 Å². The van der Waals surface area contributed by atoms with Crippen molar-refractivity contribution in [3.63, 3.8) is 0 Å². The molecule has 4 aromatic rings. The summed E-state index contributed by atoms with van der Waals surface area (Å²) in [6.45, 7) is -0.471. The number of para-hydroxylation sites is 1. The average Bonchev–Trinajstić information content (AvgIpc) is 3.36. The predicted molar refractivity (Wildman–Crippen MR) is 122 cm³/mol. The Kier molecular flexibility index (Phi) is 5.29. The van der Waals surface area contributed by atoms with Gasteiger partial charge in [0.05, 0.1) is 10.4 Å². The summed E-state index contributed by atoms with van der Waals surface area (Å²) in [5, 5.41) is 6.61. The summed E-state index contributed by atoms with van der Waals surface area (Å²) in [6.07, 6.45) is 0. The minimum atomic E-state index is -0.583. The highest BCUT2D eigenvalue weighted by atomic mass is 32.1. The number of nitrogens with one attached hydrogen (secondary N) is 2. The number of benzene rings is 2. The molecular weight excluding hydrogens is 450 g/mol. The molecule has 1 aliphatic rings. The summed E-state index contributed by atoms with van der Waals surface area (Å²) < 4.78 is 11.3. The number of hydrogen-bond donors (Lipinski definition) is 2. The molecule has 1 aliphatic heterocycles. The van der Waals surface area contributed by atoms with Gasteiger partial charge in [-0.25, -0.2) is 9.78 Å². The fourth-order valence-corrected chi connectivity index (χ4v) is 5.11. The number of Topliss-reactive ketones (excluding diaryl/α,β-unsaturated/α-hetero) is 1. The van der Waals surface area contributed by atoms with Gasteiger partial charge < -0.3 is 20.1 Å². The van der Waals surface area contributed by atoms with Crippen molar-refractivity contribution in [2.45, 2.75) is 0 Å². The number of thiophene rings is 1. The van der Waals surface area contributed by atoms with Gasteiger partial charge in [0, 0.05) is 11.3 Å². The van der Waals surface area contributed by atoms with E-state index in [4.69, 9.17) is 9.47 Å². The highest BCUT2D eigenvalue weighted by Gasteiger charge is 2.20. The maximum atomic E-state index is 12.4. The highest BCUT2D eigenvalue weighted by Crippen LogP contribution is 2.34. The standard InChI is InChI=1S/C22H15N3O5S2/c26-15(12-6-7-16-14(8-12)24-19(27)11-29-16)10-30-21(28)18-9-17-20(31-18)25-22(32-17)23-13-4-2-1-3-5-13/h1-9H,10-11H2,(H,23,25)(H,24,27). The van der Waals surface area contributed by atoms with Gasteiger partial charge in [-0.2, -0.15) is 0 Å². The fraction of sp³-hybridized carbons (Fsp3) is 0.0909. The smallest absolute Gasteiger partial charge is 0.348 e. The molecule has 0 saturated heterocycles. The van der Waals surface area contributed by atoms with E-state index in [0.717, 1.165) is 20.3 Å². The van der Waals surface area contributed by atoms with E-state index >= 15 is 0 Å². The Morgan fingerprint density at radius 3 is 2.78 bits per heavy atom. The number of ether oxygens (including phenoxy) is 2. The Morgan fingerprint density at radius 1 is 1.12 bits per heavy atom. The van der Waals surface area contributed by atoms with Gasteiger partial charge in [0.1, 0.15) is 15.5 Å². The van der Waals surface area contributed by atoms with Crippen molar-refractivity contribution in [2.75, 3.05) is 23.8 Å². The van der Waals surface area contributed by atoms with Gasteiger partial charge in [0.15, 0.2) is 24.1 Å². The lowest BCUT2D eigenvalue weighted by Crippen LogP contribution is -2.25. The van der Waals surface area contributed by atoms with Crippen molar-refractivity contribution < 1.29 is 23.9 Å². The molecule has 0 aliphatic carbocycles. The Morgan fingerprint density at radius 2 is 1.97 bits per heavy atom. The van der Waals surface area contributed by atoms with Gasteiger partial charge in [-0.1, -0.05) is 29.5 Å². The third-order valence-corrected chi connectivity index (χ3v) is 6.64. The molecule has 0 radical (unpaired) electrons. The number of ketones is 1. The van der Waals surface area contributed by atoms with Crippen LogP contribution in [0.3, 0.4) is 0 Å². The second-order valence-corrected chi connectivity index (χ2v) is 8.90. The number of anilines is 3. The Bertz CT molecular complexity index is 1310. The fourth-order valence-electron chi connectivity index (χ4n) is 3.08. The first-order chi connectivity index (χ1) is 15.5. The number of amides is 1. The molecule has 5 rings (SSSR count). The predicted octanol–water partition coefficient (Wildman–Crippen LogP) is 4.47. The molecule has 0 atom stereocenters. The lowest BCUT2D eigenvalue weighted by molar-refractivity contribution is -0.118. The molecule has 8 nitrogen and oxygen atoms in total. The topological polar surface area (TPSA) is 107 Å². The zero-order valence-electron chi connectivity index (χ0n) is 16.4. The molecule has 0 spiro atoms. The molecule has 160 valence electrons. The van der Waals surface area contributed by atoms with Crippen molar-refractivity contribution in [2.24, 2.45) is 0 Å². The van der Waals surface area contributed by atoms with Crippen LogP contribution >= 0.6 is 22.7 Å². The van der Waals surface area contributed by atoms with Crippen LogP contribution in [0.1, 0.15) is 20.0 Å². The first-order valence-electron chi connectivity index (χ1n) is 9.54. The summed E-state index contributed by atoms with van der Waals surface area (Å²) in [5.41, 5.74) is 1.66. The minimum absolute atomic E-state index is 0.0607. The van der Waals surface area contributed by atoms with E-state index in [1.165, 1.54) is 28.7 Å². The van der Waals surface area contributed by atoms with E-state index in [1.54, 1.807) is 18.2 Å². The van der Waals surface area contributed by atoms with Gasteiger partial charge in [-0.05, 0) is 36.4 Å². The zero-order chi connectivity index (χ0) is 22.1. The van der Waals surface area contributed by atoms with E-state index in [0.29, 0.717) is 21.9 Å². The molecule has 2 N–H and O–H groups in total. The van der Waals surface area contributed by atoms with Crippen molar-refractivity contribution in [3.05, 3.63) is 65.0 Å². The summed E-state index contributed by atoms with van der Waals surface area (Å²) in [4.78, 5) is 41.9. The summed E-state index contributed by atoms with van der Waals surface area (Å²) in [7, 11) is 0. The largest absolute Gasteiger partial charge is 0.482 e. The molecule has 0 fully saturated rings. The van der Waals surface area contributed by atoms with Gasteiger partial charge in [0.25, 0.3) is 5.91 Å². The normalized spacial score (nSPS) is 12.6. The quantitative estimate of drug-likeness (QED) is 0.320. The Labute approximate surface area is 189 Å². The number of fused-ring (bicyclic) bond motifs is 2. The van der Waals surface area contributed by atoms with Gasteiger partial charge >= 0.3 is 5.97 Å². The van der Waals surface area contributed by atoms with Gasteiger partial charge in [0.2, 0.25) is 0 Å². The molecular formula is C22H15N3O5S2. The van der Waals surface area contributed by atoms with E-state index in [9.17, 15) is 14.4 Å². The molecule has 32 heavy (non-hydrogen) atoms. The maximum absolute atomic E-state index is 12.4. The lowest BCUT2D eigenvalue weighted by Gasteiger charge is -2.18. The number of carbonyl (C=O) groups is 3. The minimum Gasteiger partial charge on any atom is -0.482 e. The van der Waals surface area contributed by atoms with Crippen molar-refractivity contribution in [1.29, 1.82) is 0 Å². The molecule has 0 bridgehead atoms. The number of thiazole rings is 1. The van der Waals surface area contributed by atoms with Crippen LogP contribution in [0.5, 0.6) is 5.75 Å². The number of nitrogens with zero attached hydrogens (tertiary/aromatic N) is 1. The number of rotatable bonds is 6. The highest BCUT2D eigenvalue weighted by molar-refractivity contribution is 7.29. The van der Waals surface area contributed by atoms with Crippen molar-refractivity contribution in [3.8, 4) is 5.75 Å². The average molecular weight is 466 g/mol. The number of aromatic nitrogens is 1. The number of hydrogen-bond acceptors (Lipinski definition) is 9. The second kappa shape index (κ2) is 8.40. The van der Waals surface area contributed by atoms with Gasteiger partial charge in [-0.15, -0.1) is 11.3 Å². The maximum Gasteiger partial charge on any atom is 0.348 e. The van der Waals surface area contributed by atoms with Crippen molar-refractivity contribution >= 4 is 66.4 Å². The Balaban J connectivity index is 1.22. The van der Waals surface area contributed by atoms with E-state index < -0.39 is 12.6 Å². The summed E-state index contributed by atoms with van der Waals surface area (Å²) in [6, 6.07) is 16.1. The van der Waals surface area contributed by atoms with Crippen LogP contribution in [0, 0.1) is 0 Å². The zero-order valence-corrected chi connectivity index (χ0v) is 18.0. The van der Waals surface area contributed by atoms with Crippen LogP contribution in [0.4, 0.5) is 16.5 Å². The molecule has 0 saturated carbocycles. The monoisotopic (exact) mass is 465 g/mol. The van der Waals surface area contributed by atoms with Crippen LogP contribution in [-0.4, -0.2) is 35.9 Å². The molecule has 3 heterocycles. The number of carbonyl (C=O) groups excluding carboxylic acids is 3. The SMILES string of the molecule is O=C1COc2ccc(C(=O)COC(=O)c3cc4sc(Nc5ccccc5)nc4s3)cc2N1. The third kappa shape index (κ3) is 4.18. The first kappa shape index (κ1) is 20.2. The lowest BCUT2D eigenvalue weighted by atomic mass is 10.1. The molecule has 2 aromatic carbocycles. The second-order valence-electron chi connectivity index (χ2n) is 6.84. The van der Waals surface area contributed by atoms with E-state index in [1.807, 2.05) is 30.3 Å². The molecule has 0 unspecified atom stereocenters. The first-order valence-corrected chi connectivity index (χ1v) is 11.2. The van der Waals surface area contributed by atoms with Crippen molar-refractivity contribution in [1.82, 2.24) is 4.98 Å². The van der Waals surface area contributed by atoms with Crippen LogP contribution in [0.25, 0.3) is 9.53 Å². The van der Waals surface area contributed by atoms with Crippen LogP contribution in [-0.2, 0) is 9.53 Å². The summed E-state index contributed by atoms with van der Waals surface area (Å²) in [5.74, 6) is -0.764. The summed E-state index contributed by atoms with van der Waals surface area (Å²) >= 11 is 2.64. The van der Waals surface area contributed by atoms with Crippen LogP contribution in [0.15, 0.2) is 54.6 Å². The molecule has 1 amide bonds.